The van der Waals surface area contributed by atoms with E-state index in [0.29, 0.717) is 52.6 Å². The second-order valence-electron chi connectivity index (χ2n) is 5.46. The average Bonchev–Trinajstić information content (AvgIpc) is 3.04. The van der Waals surface area contributed by atoms with Gasteiger partial charge in [-0.05, 0) is 6.42 Å². The molecule has 1 aliphatic heterocycles. The topological polar surface area (TPSA) is 77.8 Å². The third-order valence-electron chi connectivity index (χ3n) is 3.73. The van der Waals surface area contributed by atoms with Crippen LogP contribution < -0.4 is 20.3 Å². The van der Waals surface area contributed by atoms with Crippen molar-refractivity contribution < 1.29 is 9.47 Å². The Bertz CT molecular complexity index is 1000. The molecule has 0 bridgehead atoms. The summed E-state index contributed by atoms with van der Waals surface area (Å²) in [5, 5.41) is 8.84. The standard InChI is InChI=1S/C16H15ClN4O3S/c1-2-14-20-21-15(22)5-9(19-16(21)25-14)8-18-11-7-13-12(6-10(11)17)23-3-4-24-13/h5-7,18H,2-4,8H2,1H3. The van der Waals surface area contributed by atoms with Crippen LogP contribution in [-0.4, -0.2) is 27.8 Å². The lowest BCUT2D eigenvalue weighted by Crippen LogP contribution is -2.17. The maximum absolute atomic E-state index is 12.2. The first-order valence-corrected chi connectivity index (χ1v) is 9.05. The SMILES string of the molecule is CCc1nn2c(=O)cc(CNc3cc4c(cc3Cl)OCCO4)nc2s1. The summed E-state index contributed by atoms with van der Waals surface area (Å²) in [6.45, 7) is 3.38. The van der Waals surface area contributed by atoms with Crippen molar-refractivity contribution in [2.75, 3.05) is 18.5 Å². The van der Waals surface area contributed by atoms with Crippen LogP contribution in [0.5, 0.6) is 11.5 Å². The molecule has 0 unspecified atom stereocenters. The van der Waals surface area contributed by atoms with Crippen molar-refractivity contribution in [1.29, 1.82) is 0 Å². The van der Waals surface area contributed by atoms with Crippen LogP contribution in [0.25, 0.3) is 4.96 Å². The summed E-state index contributed by atoms with van der Waals surface area (Å²) in [6.07, 6.45) is 0.772. The molecule has 0 atom stereocenters. The quantitative estimate of drug-likeness (QED) is 0.752. The summed E-state index contributed by atoms with van der Waals surface area (Å²) in [6, 6.07) is 5.00. The van der Waals surface area contributed by atoms with Gasteiger partial charge in [-0.3, -0.25) is 4.79 Å². The van der Waals surface area contributed by atoms with Gasteiger partial charge in [-0.15, -0.1) is 0 Å². The Morgan fingerprint density at radius 1 is 1.28 bits per heavy atom. The lowest BCUT2D eigenvalue weighted by Gasteiger charge is -2.20. The number of hydrogen-bond acceptors (Lipinski definition) is 7. The van der Waals surface area contributed by atoms with Crippen molar-refractivity contribution in [2.24, 2.45) is 0 Å². The molecular formula is C16H15ClN4O3S. The van der Waals surface area contributed by atoms with Crippen LogP contribution in [0.4, 0.5) is 5.69 Å². The second kappa shape index (κ2) is 6.53. The number of nitrogens with zero attached hydrogens (tertiary/aromatic N) is 3. The fourth-order valence-electron chi connectivity index (χ4n) is 2.51. The van der Waals surface area contributed by atoms with E-state index >= 15 is 0 Å². The van der Waals surface area contributed by atoms with E-state index in [-0.39, 0.29) is 5.56 Å². The molecule has 3 heterocycles. The zero-order valence-electron chi connectivity index (χ0n) is 13.4. The van der Waals surface area contributed by atoms with E-state index in [1.54, 1.807) is 12.1 Å². The summed E-state index contributed by atoms with van der Waals surface area (Å²) in [5.74, 6) is 1.29. The molecule has 0 saturated heterocycles. The van der Waals surface area contributed by atoms with Gasteiger partial charge in [0, 0.05) is 18.2 Å². The van der Waals surface area contributed by atoms with Crippen LogP contribution in [0.15, 0.2) is 23.0 Å². The number of ether oxygens (including phenoxy) is 2. The molecule has 25 heavy (non-hydrogen) atoms. The van der Waals surface area contributed by atoms with Crippen molar-refractivity contribution in [2.45, 2.75) is 19.9 Å². The van der Waals surface area contributed by atoms with Gasteiger partial charge in [0.15, 0.2) is 11.5 Å². The van der Waals surface area contributed by atoms with Crippen LogP contribution in [-0.2, 0) is 13.0 Å². The van der Waals surface area contributed by atoms with Gasteiger partial charge >= 0.3 is 0 Å². The van der Waals surface area contributed by atoms with Crippen LogP contribution in [0.2, 0.25) is 5.02 Å². The number of anilines is 1. The largest absolute Gasteiger partial charge is 0.486 e. The second-order valence-corrected chi connectivity index (χ2v) is 6.91. The maximum Gasteiger partial charge on any atom is 0.275 e. The number of rotatable bonds is 4. The zero-order valence-corrected chi connectivity index (χ0v) is 15.0. The molecular weight excluding hydrogens is 364 g/mol. The van der Waals surface area contributed by atoms with E-state index in [1.165, 1.54) is 21.9 Å². The first-order chi connectivity index (χ1) is 12.1. The van der Waals surface area contributed by atoms with Gasteiger partial charge < -0.3 is 14.8 Å². The van der Waals surface area contributed by atoms with Crippen LogP contribution in [0, 0.1) is 0 Å². The van der Waals surface area contributed by atoms with E-state index in [0.717, 1.165) is 11.4 Å². The zero-order chi connectivity index (χ0) is 17.4. The van der Waals surface area contributed by atoms with Crippen molar-refractivity contribution >= 4 is 33.6 Å². The van der Waals surface area contributed by atoms with Crippen LogP contribution >= 0.6 is 22.9 Å². The molecule has 1 aliphatic rings. The van der Waals surface area contributed by atoms with Gasteiger partial charge in [-0.1, -0.05) is 29.9 Å². The maximum atomic E-state index is 12.2. The van der Waals surface area contributed by atoms with E-state index < -0.39 is 0 Å². The Hall–Kier alpha value is -2.32. The van der Waals surface area contributed by atoms with Gasteiger partial charge in [0.05, 0.1) is 22.9 Å². The average molecular weight is 379 g/mol. The van der Waals surface area contributed by atoms with E-state index in [9.17, 15) is 4.79 Å². The Labute approximate surface area is 152 Å². The summed E-state index contributed by atoms with van der Waals surface area (Å²) in [7, 11) is 0. The third-order valence-corrected chi connectivity index (χ3v) is 5.10. The molecule has 9 heteroatoms. The Morgan fingerprint density at radius 3 is 2.80 bits per heavy atom. The minimum absolute atomic E-state index is 0.189. The summed E-state index contributed by atoms with van der Waals surface area (Å²) in [5.41, 5.74) is 1.14. The van der Waals surface area contributed by atoms with Gasteiger partial charge in [0.2, 0.25) is 4.96 Å². The molecule has 130 valence electrons. The number of nitrogens with one attached hydrogen (secondary N) is 1. The number of benzene rings is 1. The molecule has 7 nitrogen and oxygen atoms in total. The minimum Gasteiger partial charge on any atom is -0.486 e. The lowest BCUT2D eigenvalue weighted by molar-refractivity contribution is 0.171. The van der Waals surface area contributed by atoms with Crippen LogP contribution in [0.1, 0.15) is 17.6 Å². The van der Waals surface area contributed by atoms with Crippen molar-refractivity contribution in [3.05, 3.63) is 44.3 Å². The molecule has 1 aromatic carbocycles. The smallest absolute Gasteiger partial charge is 0.275 e. The fourth-order valence-corrected chi connectivity index (χ4v) is 3.59. The molecule has 0 spiro atoms. The molecule has 0 radical (unpaired) electrons. The van der Waals surface area contributed by atoms with Crippen LogP contribution in [0.3, 0.4) is 0 Å². The van der Waals surface area contributed by atoms with Crippen molar-refractivity contribution in [3.63, 3.8) is 0 Å². The van der Waals surface area contributed by atoms with Gasteiger partial charge in [-0.2, -0.15) is 9.61 Å². The highest BCUT2D eigenvalue weighted by atomic mass is 35.5. The first kappa shape index (κ1) is 16.2. The normalized spacial score (nSPS) is 13.2. The third kappa shape index (κ3) is 3.14. The van der Waals surface area contributed by atoms with Crippen molar-refractivity contribution in [3.8, 4) is 11.5 Å². The summed E-state index contributed by atoms with van der Waals surface area (Å²) >= 11 is 7.70. The van der Waals surface area contributed by atoms with Crippen molar-refractivity contribution in [1.82, 2.24) is 14.6 Å². The minimum atomic E-state index is -0.189. The highest BCUT2D eigenvalue weighted by molar-refractivity contribution is 7.16. The fraction of sp³-hybridized carbons (Fsp3) is 0.312. The molecule has 0 fully saturated rings. The Morgan fingerprint density at radius 2 is 2.04 bits per heavy atom. The lowest BCUT2D eigenvalue weighted by atomic mass is 10.2. The highest BCUT2D eigenvalue weighted by Gasteiger charge is 2.15. The molecule has 0 amide bonds. The number of fused-ring (bicyclic) bond motifs is 2. The van der Waals surface area contributed by atoms with Gasteiger partial charge in [0.25, 0.3) is 5.56 Å². The number of aromatic nitrogens is 3. The molecule has 0 saturated carbocycles. The van der Waals surface area contributed by atoms with E-state index in [1.807, 2.05) is 6.92 Å². The van der Waals surface area contributed by atoms with E-state index in [2.05, 4.69) is 15.4 Å². The molecule has 1 N–H and O–H groups in total. The summed E-state index contributed by atoms with van der Waals surface area (Å²) < 4.78 is 12.4. The van der Waals surface area contributed by atoms with Gasteiger partial charge in [0.1, 0.15) is 18.2 Å². The van der Waals surface area contributed by atoms with E-state index in [4.69, 9.17) is 21.1 Å². The molecule has 4 rings (SSSR count). The van der Waals surface area contributed by atoms with Gasteiger partial charge in [-0.25, -0.2) is 4.98 Å². The highest BCUT2D eigenvalue weighted by Crippen LogP contribution is 2.38. The predicted octanol–water partition coefficient (Wildman–Crippen LogP) is 2.75. The molecule has 0 aliphatic carbocycles. The number of aryl methyl sites for hydroxylation is 1. The molecule has 3 aromatic rings. The molecule has 2 aromatic heterocycles. The predicted molar refractivity (Wildman–Crippen MR) is 96.3 cm³/mol. The summed E-state index contributed by atoms with van der Waals surface area (Å²) in [4.78, 5) is 17.3. The number of hydrogen-bond donors (Lipinski definition) is 1. The number of halogens is 1. The Kier molecular flexibility index (Phi) is 4.22. The monoisotopic (exact) mass is 378 g/mol. The first-order valence-electron chi connectivity index (χ1n) is 7.85. The Balaban J connectivity index is 1.59.